The van der Waals surface area contributed by atoms with Crippen LogP contribution in [0.1, 0.15) is 47.0 Å². The van der Waals surface area contributed by atoms with Gasteiger partial charge in [-0.25, -0.2) is 0 Å². The van der Waals surface area contributed by atoms with E-state index in [9.17, 15) is 9.59 Å². The summed E-state index contributed by atoms with van der Waals surface area (Å²) in [5.74, 6) is 0.133. The van der Waals surface area contributed by atoms with Crippen molar-refractivity contribution in [1.82, 2.24) is 15.1 Å². The summed E-state index contributed by atoms with van der Waals surface area (Å²) in [6.07, 6.45) is 3.80. The van der Waals surface area contributed by atoms with E-state index in [0.29, 0.717) is 32.5 Å². The van der Waals surface area contributed by atoms with Crippen molar-refractivity contribution in [3.8, 4) is 0 Å². The molecule has 30 heavy (non-hydrogen) atoms. The summed E-state index contributed by atoms with van der Waals surface area (Å²) in [4.78, 5) is 30.4. The molecular weight excluding hydrogens is 418 g/mol. The van der Waals surface area contributed by atoms with Crippen molar-refractivity contribution >= 4 is 34.8 Å². The normalized spacial score (nSPS) is 19.0. The largest absolute Gasteiger partial charge is 0.354 e. The van der Waals surface area contributed by atoms with Gasteiger partial charge in [-0.05, 0) is 61.8 Å². The van der Waals surface area contributed by atoms with E-state index in [4.69, 9.17) is 11.6 Å². The first-order valence-electron chi connectivity index (χ1n) is 10.7. The van der Waals surface area contributed by atoms with Gasteiger partial charge in [-0.2, -0.15) is 0 Å². The summed E-state index contributed by atoms with van der Waals surface area (Å²) in [6.45, 7) is 3.91. The summed E-state index contributed by atoms with van der Waals surface area (Å²) < 4.78 is 0. The number of nitrogens with zero attached hydrogens (tertiary/aromatic N) is 2. The predicted molar refractivity (Wildman–Crippen MR) is 121 cm³/mol. The lowest BCUT2D eigenvalue weighted by atomic mass is 9.95. The zero-order valence-corrected chi connectivity index (χ0v) is 18.6. The fraction of sp³-hybridized carbons (Fsp3) is 0.478. The third kappa shape index (κ3) is 4.88. The predicted octanol–water partition coefficient (Wildman–Crippen LogP) is 4.21. The molecule has 2 saturated heterocycles. The Bertz CT molecular complexity index is 859. The maximum atomic E-state index is 12.9. The Morgan fingerprint density at radius 1 is 1.07 bits per heavy atom. The molecule has 0 spiro atoms. The van der Waals surface area contributed by atoms with E-state index in [1.54, 1.807) is 0 Å². The molecule has 1 atom stereocenters. The van der Waals surface area contributed by atoms with E-state index >= 15 is 0 Å². The highest BCUT2D eigenvalue weighted by molar-refractivity contribution is 7.12. The number of rotatable bonds is 6. The maximum Gasteiger partial charge on any atom is 0.263 e. The minimum absolute atomic E-state index is 0.0390. The van der Waals surface area contributed by atoms with Crippen molar-refractivity contribution in [3.63, 3.8) is 0 Å². The lowest BCUT2D eigenvalue weighted by molar-refractivity contribution is -0.126. The Kier molecular flexibility index (Phi) is 7.08. The second-order valence-corrected chi connectivity index (χ2v) is 9.42. The van der Waals surface area contributed by atoms with Crippen LogP contribution >= 0.6 is 22.9 Å². The standard InChI is InChI=1S/C23H28ClN3O2S/c24-19-7-2-1-6-18(19)20(26-11-3-4-12-26)16-25-22(28)17-9-13-27(14-10-17)23(29)21-8-5-15-30-21/h1-2,5-8,15,17,20H,3-4,9-14,16H2,(H,25,28)/t20-/m0/s1. The molecule has 0 unspecified atom stereocenters. The van der Waals surface area contributed by atoms with Crippen LogP contribution in [-0.2, 0) is 4.79 Å². The van der Waals surface area contributed by atoms with Gasteiger partial charge in [-0.15, -0.1) is 11.3 Å². The van der Waals surface area contributed by atoms with Gasteiger partial charge in [0.25, 0.3) is 5.91 Å². The molecule has 0 radical (unpaired) electrons. The second kappa shape index (κ2) is 9.94. The smallest absolute Gasteiger partial charge is 0.263 e. The van der Waals surface area contributed by atoms with Gasteiger partial charge in [0.1, 0.15) is 0 Å². The number of carbonyl (C=O) groups is 2. The molecule has 3 heterocycles. The third-order valence-electron chi connectivity index (χ3n) is 6.20. The molecule has 1 aromatic heterocycles. The molecule has 1 N–H and O–H groups in total. The molecule has 7 heteroatoms. The molecular formula is C23H28ClN3O2S. The topological polar surface area (TPSA) is 52.7 Å². The molecule has 2 aromatic rings. The number of benzene rings is 1. The van der Waals surface area contributed by atoms with Crippen LogP contribution in [-0.4, -0.2) is 54.3 Å². The number of hydrogen-bond donors (Lipinski definition) is 1. The fourth-order valence-corrected chi connectivity index (χ4v) is 5.43. The van der Waals surface area contributed by atoms with E-state index in [2.05, 4.69) is 16.3 Å². The van der Waals surface area contributed by atoms with E-state index in [1.165, 1.54) is 24.2 Å². The Balaban J connectivity index is 1.33. The molecule has 5 nitrogen and oxygen atoms in total. The van der Waals surface area contributed by atoms with Crippen LogP contribution < -0.4 is 5.32 Å². The number of likely N-dealkylation sites (tertiary alicyclic amines) is 2. The molecule has 4 rings (SSSR count). The van der Waals surface area contributed by atoms with E-state index in [1.807, 2.05) is 40.6 Å². The van der Waals surface area contributed by atoms with Crippen LogP contribution in [0.5, 0.6) is 0 Å². The number of piperidine rings is 1. The average Bonchev–Trinajstić information content (AvgIpc) is 3.49. The summed E-state index contributed by atoms with van der Waals surface area (Å²) in [7, 11) is 0. The Morgan fingerprint density at radius 3 is 2.47 bits per heavy atom. The number of amides is 2. The molecule has 2 amide bonds. The van der Waals surface area contributed by atoms with E-state index in [0.717, 1.165) is 28.6 Å². The Hall–Kier alpha value is -1.89. The number of nitrogens with one attached hydrogen (secondary N) is 1. The van der Waals surface area contributed by atoms with Crippen molar-refractivity contribution in [2.24, 2.45) is 5.92 Å². The van der Waals surface area contributed by atoms with Gasteiger partial charge in [0.15, 0.2) is 0 Å². The van der Waals surface area contributed by atoms with Crippen LogP contribution in [0.15, 0.2) is 41.8 Å². The monoisotopic (exact) mass is 445 g/mol. The van der Waals surface area contributed by atoms with Crippen molar-refractivity contribution < 1.29 is 9.59 Å². The Morgan fingerprint density at radius 2 is 1.80 bits per heavy atom. The molecule has 2 fully saturated rings. The van der Waals surface area contributed by atoms with Crippen molar-refractivity contribution in [2.75, 3.05) is 32.7 Å². The average molecular weight is 446 g/mol. The third-order valence-corrected chi connectivity index (χ3v) is 7.40. The molecule has 2 aliphatic rings. The molecule has 2 aliphatic heterocycles. The highest BCUT2D eigenvalue weighted by atomic mass is 35.5. The highest BCUT2D eigenvalue weighted by Gasteiger charge is 2.30. The number of hydrogen-bond acceptors (Lipinski definition) is 4. The van der Waals surface area contributed by atoms with Crippen LogP contribution in [0.4, 0.5) is 0 Å². The van der Waals surface area contributed by atoms with Crippen LogP contribution in [0, 0.1) is 5.92 Å². The Labute approximate surface area is 187 Å². The quantitative estimate of drug-likeness (QED) is 0.724. The molecule has 0 saturated carbocycles. The van der Waals surface area contributed by atoms with Gasteiger partial charge in [0.05, 0.1) is 10.9 Å². The zero-order valence-electron chi connectivity index (χ0n) is 17.1. The molecule has 0 aliphatic carbocycles. The zero-order chi connectivity index (χ0) is 20.9. The lowest BCUT2D eigenvalue weighted by Crippen LogP contribution is -2.44. The van der Waals surface area contributed by atoms with Crippen molar-refractivity contribution in [1.29, 1.82) is 0 Å². The number of thiophene rings is 1. The first-order chi connectivity index (χ1) is 14.6. The summed E-state index contributed by atoms with van der Waals surface area (Å²) in [5.41, 5.74) is 1.08. The van der Waals surface area contributed by atoms with Crippen molar-refractivity contribution in [2.45, 2.75) is 31.7 Å². The molecule has 160 valence electrons. The highest BCUT2D eigenvalue weighted by Crippen LogP contribution is 2.30. The van der Waals surface area contributed by atoms with Gasteiger partial charge in [-0.1, -0.05) is 35.9 Å². The number of carbonyl (C=O) groups excluding carboxylic acids is 2. The van der Waals surface area contributed by atoms with Gasteiger partial charge in [-0.3, -0.25) is 14.5 Å². The SMILES string of the molecule is O=C(NC[C@@H](c1ccccc1Cl)N1CCCC1)C1CCN(C(=O)c2cccs2)CC1. The van der Waals surface area contributed by atoms with Gasteiger partial charge < -0.3 is 10.2 Å². The maximum absolute atomic E-state index is 12.9. The summed E-state index contributed by atoms with van der Waals surface area (Å²) >= 11 is 7.94. The second-order valence-electron chi connectivity index (χ2n) is 8.07. The van der Waals surface area contributed by atoms with Gasteiger partial charge >= 0.3 is 0 Å². The van der Waals surface area contributed by atoms with Gasteiger partial charge in [0, 0.05) is 30.6 Å². The van der Waals surface area contributed by atoms with Crippen molar-refractivity contribution in [3.05, 3.63) is 57.2 Å². The lowest BCUT2D eigenvalue weighted by Gasteiger charge is -2.32. The van der Waals surface area contributed by atoms with Crippen LogP contribution in [0.3, 0.4) is 0 Å². The molecule has 0 bridgehead atoms. The van der Waals surface area contributed by atoms with E-state index in [-0.39, 0.29) is 23.8 Å². The summed E-state index contributed by atoms with van der Waals surface area (Å²) in [6, 6.07) is 11.8. The summed E-state index contributed by atoms with van der Waals surface area (Å²) in [5, 5.41) is 5.86. The fourth-order valence-electron chi connectivity index (χ4n) is 4.48. The number of halogens is 1. The minimum atomic E-state index is -0.0390. The first-order valence-corrected chi connectivity index (χ1v) is 12.0. The van der Waals surface area contributed by atoms with Gasteiger partial charge in [0.2, 0.25) is 5.91 Å². The minimum Gasteiger partial charge on any atom is -0.354 e. The van der Waals surface area contributed by atoms with Crippen LogP contribution in [0.2, 0.25) is 5.02 Å². The van der Waals surface area contributed by atoms with Crippen LogP contribution in [0.25, 0.3) is 0 Å². The van der Waals surface area contributed by atoms with E-state index < -0.39 is 0 Å². The first kappa shape index (κ1) is 21.3. The molecule has 1 aromatic carbocycles.